The molecular weight excluding hydrogens is 1160 g/mol. The minimum absolute atomic E-state index is 0.107. The first-order chi connectivity index (χ1) is 42.6. The molecule has 3 unspecified atom stereocenters. The number of phosphoric acid groups is 2. The standard InChI is InChI=1S/C69H134O17P2/c1-6-10-13-16-18-20-22-24-25-26-28-30-36-40-45-50-55-69(74)86-65(59-80-67(72)53-48-43-38-34-32-31-33-37-42-46-51-62(5)9-4)61-84-88(77,78)82-57-63(70)56-81-87(75,76)83-60-64(58-79-66(71)52-47-41-15-12-8-3)85-68(73)54-49-44-39-35-29-27-23-21-19-17-14-11-7-2/h62-65,70H,6-61H2,1-5H3,(H,75,76)(H,77,78)/t62?,63-,64+,65+/m0/s1. The van der Waals surface area contributed by atoms with E-state index in [1.807, 2.05) is 0 Å². The summed E-state index contributed by atoms with van der Waals surface area (Å²) in [6.07, 6.45) is 48.8. The molecule has 0 radical (unpaired) electrons. The van der Waals surface area contributed by atoms with E-state index in [0.29, 0.717) is 25.7 Å². The molecular formula is C69H134O17P2. The molecule has 0 aliphatic carbocycles. The number of carbonyl (C=O) groups is 4. The lowest BCUT2D eigenvalue weighted by molar-refractivity contribution is -0.161. The Hall–Kier alpha value is -1.94. The third kappa shape index (κ3) is 61.6. The quantitative estimate of drug-likeness (QED) is 0.0222. The van der Waals surface area contributed by atoms with Gasteiger partial charge in [-0.05, 0) is 31.6 Å². The number of hydrogen-bond acceptors (Lipinski definition) is 15. The van der Waals surface area contributed by atoms with E-state index >= 15 is 0 Å². The van der Waals surface area contributed by atoms with Crippen molar-refractivity contribution in [3.63, 3.8) is 0 Å². The van der Waals surface area contributed by atoms with Gasteiger partial charge in [0, 0.05) is 25.7 Å². The molecule has 0 aromatic heterocycles. The van der Waals surface area contributed by atoms with Crippen molar-refractivity contribution in [2.45, 2.75) is 374 Å². The van der Waals surface area contributed by atoms with Crippen molar-refractivity contribution in [1.29, 1.82) is 0 Å². The first-order valence-corrected chi connectivity index (χ1v) is 39.2. The van der Waals surface area contributed by atoms with Crippen LogP contribution in [0.3, 0.4) is 0 Å². The van der Waals surface area contributed by atoms with Crippen LogP contribution in [0.5, 0.6) is 0 Å². The molecule has 0 bridgehead atoms. The van der Waals surface area contributed by atoms with Crippen molar-refractivity contribution in [3.05, 3.63) is 0 Å². The maximum Gasteiger partial charge on any atom is 0.472 e. The Morgan fingerprint density at radius 2 is 0.545 bits per heavy atom. The number of phosphoric ester groups is 2. The predicted molar refractivity (Wildman–Crippen MR) is 354 cm³/mol. The van der Waals surface area contributed by atoms with Crippen LogP contribution in [0.1, 0.15) is 356 Å². The van der Waals surface area contributed by atoms with E-state index in [1.165, 1.54) is 173 Å². The second-order valence-electron chi connectivity index (χ2n) is 25.2. The highest BCUT2D eigenvalue weighted by molar-refractivity contribution is 7.47. The summed E-state index contributed by atoms with van der Waals surface area (Å²) >= 11 is 0. The van der Waals surface area contributed by atoms with Crippen LogP contribution in [0, 0.1) is 5.92 Å². The summed E-state index contributed by atoms with van der Waals surface area (Å²) in [5.41, 5.74) is 0. The molecule has 19 heteroatoms. The van der Waals surface area contributed by atoms with Crippen molar-refractivity contribution in [3.8, 4) is 0 Å². The van der Waals surface area contributed by atoms with E-state index < -0.39 is 97.5 Å². The Labute approximate surface area is 537 Å². The summed E-state index contributed by atoms with van der Waals surface area (Å²) in [6, 6.07) is 0. The van der Waals surface area contributed by atoms with Crippen molar-refractivity contribution in [2.24, 2.45) is 5.92 Å². The van der Waals surface area contributed by atoms with Gasteiger partial charge in [0.25, 0.3) is 0 Å². The van der Waals surface area contributed by atoms with Gasteiger partial charge < -0.3 is 33.8 Å². The van der Waals surface area contributed by atoms with Crippen molar-refractivity contribution in [2.75, 3.05) is 39.6 Å². The molecule has 6 atom stereocenters. The summed E-state index contributed by atoms with van der Waals surface area (Å²) in [5.74, 6) is -1.32. The SMILES string of the molecule is CCCCCCCCCCCCCCCCCCC(=O)O[C@H](COC(=O)CCCCCCCCCCCCC(C)CC)COP(=O)(O)OC[C@@H](O)COP(=O)(O)OC[C@@H](COC(=O)CCCCCCC)OC(=O)CCCCCCCCCCCCCCC. The molecule has 0 aliphatic heterocycles. The molecule has 0 heterocycles. The van der Waals surface area contributed by atoms with Gasteiger partial charge in [-0.25, -0.2) is 9.13 Å². The Morgan fingerprint density at radius 3 is 0.807 bits per heavy atom. The van der Waals surface area contributed by atoms with Gasteiger partial charge in [0.05, 0.1) is 26.4 Å². The molecule has 522 valence electrons. The van der Waals surface area contributed by atoms with E-state index in [1.54, 1.807) is 0 Å². The number of aliphatic hydroxyl groups is 1. The fourth-order valence-electron chi connectivity index (χ4n) is 10.4. The lowest BCUT2D eigenvalue weighted by Crippen LogP contribution is -2.30. The largest absolute Gasteiger partial charge is 0.472 e. The lowest BCUT2D eigenvalue weighted by Gasteiger charge is -2.21. The van der Waals surface area contributed by atoms with Gasteiger partial charge in [-0.2, -0.15) is 0 Å². The van der Waals surface area contributed by atoms with Crippen LogP contribution in [0.25, 0.3) is 0 Å². The van der Waals surface area contributed by atoms with Crippen molar-refractivity contribution < 1.29 is 80.2 Å². The van der Waals surface area contributed by atoms with Gasteiger partial charge in [0.15, 0.2) is 12.2 Å². The van der Waals surface area contributed by atoms with Crippen molar-refractivity contribution >= 4 is 39.5 Å². The van der Waals surface area contributed by atoms with Crippen LogP contribution in [0.4, 0.5) is 0 Å². The smallest absolute Gasteiger partial charge is 0.462 e. The molecule has 0 amide bonds. The Kier molecular flexibility index (Phi) is 61.1. The lowest BCUT2D eigenvalue weighted by atomic mass is 9.99. The van der Waals surface area contributed by atoms with E-state index in [-0.39, 0.29) is 25.7 Å². The van der Waals surface area contributed by atoms with E-state index in [9.17, 15) is 43.2 Å². The number of carbonyl (C=O) groups excluding carboxylic acids is 4. The summed E-state index contributed by atoms with van der Waals surface area (Å²) in [5, 5.41) is 10.6. The van der Waals surface area contributed by atoms with Gasteiger partial charge in [0.2, 0.25) is 0 Å². The fourth-order valence-corrected chi connectivity index (χ4v) is 12.0. The fraction of sp³-hybridized carbons (Fsp3) is 0.942. The maximum atomic E-state index is 13.0. The number of aliphatic hydroxyl groups excluding tert-OH is 1. The second-order valence-corrected chi connectivity index (χ2v) is 28.1. The molecule has 0 rings (SSSR count). The highest BCUT2D eigenvalue weighted by atomic mass is 31.2. The van der Waals surface area contributed by atoms with Gasteiger partial charge in [-0.1, -0.05) is 304 Å². The molecule has 88 heavy (non-hydrogen) atoms. The minimum Gasteiger partial charge on any atom is -0.462 e. The second kappa shape index (κ2) is 62.5. The molecule has 0 saturated carbocycles. The average Bonchev–Trinajstić information content (AvgIpc) is 3.61. The highest BCUT2D eigenvalue weighted by Gasteiger charge is 2.30. The number of unbranched alkanes of at least 4 members (excludes halogenated alkanes) is 40. The number of esters is 4. The topological polar surface area (TPSA) is 237 Å². The molecule has 17 nitrogen and oxygen atoms in total. The van der Waals surface area contributed by atoms with E-state index in [2.05, 4.69) is 34.6 Å². The van der Waals surface area contributed by atoms with Crippen LogP contribution in [0.15, 0.2) is 0 Å². The number of hydrogen-bond donors (Lipinski definition) is 3. The van der Waals surface area contributed by atoms with Crippen LogP contribution in [-0.2, 0) is 65.4 Å². The molecule has 0 spiro atoms. The molecule has 0 aromatic carbocycles. The third-order valence-corrected chi connectivity index (χ3v) is 18.3. The van der Waals surface area contributed by atoms with Crippen LogP contribution >= 0.6 is 15.6 Å². The Morgan fingerprint density at radius 1 is 0.318 bits per heavy atom. The summed E-state index contributed by atoms with van der Waals surface area (Å²) in [6.45, 7) is 7.19. The predicted octanol–water partition coefficient (Wildman–Crippen LogP) is 19.7. The van der Waals surface area contributed by atoms with Gasteiger partial charge >= 0.3 is 39.5 Å². The monoisotopic (exact) mass is 1300 g/mol. The van der Waals surface area contributed by atoms with Crippen LogP contribution in [-0.4, -0.2) is 96.7 Å². The van der Waals surface area contributed by atoms with E-state index in [4.69, 9.17) is 37.0 Å². The third-order valence-electron chi connectivity index (χ3n) is 16.4. The minimum atomic E-state index is -4.95. The zero-order chi connectivity index (χ0) is 64.9. The molecule has 0 aromatic rings. The first-order valence-electron chi connectivity index (χ1n) is 36.2. The Balaban J connectivity index is 5.17. The van der Waals surface area contributed by atoms with Crippen molar-refractivity contribution in [1.82, 2.24) is 0 Å². The number of rotatable bonds is 69. The number of ether oxygens (including phenoxy) is 4. The van der Waals surface area contributed by atoms with Crippen LogP contribution < -0.4 is 0 Å². The molecule has 3 N–H and O–H groups in total. The zero-order valence-corrected chi connectivity index (χ0v) is 58.6. The highest BCUT2D eigenvalue weighted by Crippen LogP contribution is 2.45. The van der Waals surface area contributed by atoms with Gasteiger partial charge in [-0.3, -0.25) is 37.3 Å². The zero-order valence-electron chi connectivity index (χ0n) is 56.9. The van der Waals surface area contributed by atoms with E-state index in [0.717, 1.165) is 102 Å². The summed E-state index contributed by atoms with van der Waals surface area (Å²) in [4.78, 5) is 72.3. The molecule has 0 aliphatic rings. The summed E-state index contributed by atoms with van der Waals surface area (Å²) < 4.78 is 68.1. The Bertz CT molecular complexity index is 1710. The first kappa shape index (κ1) is 86.1. The maximum absolute atomic E-state index is 13.0. The van der Waals surface area contributed by atoms with Gasteiger partial charge in [-0.15, -0.1) is 0 Å². The molecule has 0 saturated heterocycles. The molecule has 0 fully saturated rings. The summed E-state index contributed by atoms with van der Waals surface area (Å²) in [7, 11) is -9.89. The van der Waals surface area contributed by atoms with Gasteiger partial charge in [0.1, 0.15) is 19.3 Å². The normalized spacial score (nSPS) is 14.4. The van der Waals surface area contributed by atoms with Crippen LogP contribution in [0.2, 0.25) is 0 Å². The average molecular weight is 1300 g/mol.